The number of benzene rings is 3. The number of hydrogen-bond acceptors (Lipinski definition) is 4. The molecule has 0 bridgehead atoms. The van der Waals surface area contributed by atoms with Crippen molar-refractivity contribution in [3.63, 3.8) is 0 Å². The molecule has 1 fully saturated rings. The van der Waals surface area contributed by atoms with Gasteiger partial charge in [0.2, 0.25) is 0 Å². The van der Waals surface area contributed by atoms with Crippen molar-refractivity contribution in [3.8, 4) is 5.75 Å². The maximum absolute atomic E-state index is 13.0. The van der Waals surface area contributed by atoms with Crippen LogP contribution < -0.4 is 15.0 Å². The van der Waals surface area contributed by atoms with E-state index in [0.717, 1.165) is 14.9 Å². The summed E-state index contributed by atoms with van der Waals surface area (Å²) in [6, 6.07) is 17.9. The maximum Gasteiger partial charge on any atom is 0.335 e. The van der Waals surface area contributed by atoms with Gasteiger partial charge in [-0.15, -0.1) is 0 Å². The molecule has 4 rings (SSSR count). The number of ether oxygens (including phenoxy) is 1. The van der Waals surface area contributed by atoms with Gasteiger partial charge in [-0.1, -0.05) is 69.5 Å². The molecular formula is C24H15BrCl2N2O4. The lowest BCUT2D eigenvalue weighted by Gasteiger charge is -2.26. The van der Waals surface area contributed by atoms with Crippen molar-refractivity contribution in [2.45, 2.75) is 6.61 Å². The maximum atomic E-state index is 13.0. The van der Waals surface area contributed by atoms with Crippen LogP contribution in [0.25, 0.3) is 6.08 Å². The molecule has 0 radical (unpaired) electrons. The number of barbiturate groups is 1. The first-order valence-electron chi connectivity index (χ1n) is 9.66. The monoisotopic (exact) mass is 544 g/mol. The summed E-state index contributed by atoms with van der Waals surface area (Å²) in [5.74, 6) is -1.12. The SMILES string of the molecule is O=C1NC(=O)N(c2cccc(Cl)c2)C(=O)/C1=C/c1ccc(OCc2ccccc2Br)c(Cl)c1. The third-order valence-electron chi connectivity index (χ3n) is 4.78. The van der Waals surface area contributed by atoms with Crippen LogP contribution in [0, 0.1) is 0 Å². The Morgan fingerprint density at radius 3 is 2.48 bits per heavy atom. The number of imide groups is 2. The van der Waals surface area contributed by atoms with Gasteiger partial charge in [-0.3, -0.25) is 14.9 Å². The fraction of sp³-hybridized carbons (Fsp3) is 0.0417. The lowest BCUT2D eigenvalue weighted by atomic mass is 10.1. The minimum absolute atomic E-state index is 0.215. The fourth-order valence-electron chi connectivity index (χ4n) is 3.17. The summed E-state index contributed by atoms with van der Waals surface area (Å²) >= 11 is 15.8. The minimum Gasteiger partial charge on any atom is -0.487 e. The first-order valence-corrected chi connectivity index (χ1v) is 11.2. The predicted octanol–water partition coefficient (Wildman–Crippen LogP) is 6.00. The third kappa shape index (κ3) is 5.11. The van der Waals surface area contributed by atoms with E-state index < -0.39 is 17.8 Å². The Morgan fingerprint density at radius 1 is 0.970 bits per heavy atom. The van der Waals surface area contributed by atoms with Gasteiger partial charge < -0.3 is 4.74 Å². The van der Waals surface area contributed by atoms with Crippen molar-refractivity contribution in [1.82, 2.24) is 5.32 Å². The Kier molecular flexibility index (Phi) is 6.83. The fourth-order valence-corrected chi connectivity index (χ4v) is 4.00. The van der Waals surface area contributed by atoms with Crippen molar-refractivity contribution in [1.29, 1.82) is 0 Å². The van der Waals surface area contributed by atoms with E-state index >= 15 is 0 Å². The highest BCUT2D eigenvalue weighted by Crippen LogP contribution is 2.29. The van der Waals surface area contributed by atoms with Crippen LogP contribution in [0.4, 0.5) is 10.5 Å². The zero-order valence-corrected chi connectivity index (χ0v) is 19.9. The van der Waals surface area contributed by atoms with Crippen LogP contribution in [0.3, 0.4) is 0 Å². The van der Waals surface area contributed by atoms with Crippen LogP contribution in [0.1, 0.15) is 11.1 Å². The zero-order valence-electron chi connectivity index (χ0n) is 16.8. The Labute approximate surface area is 207 Å². The summed E-state index contributed by atoms with van der Waals surface area (Å²) in [4.78, 5) is 38.5. The van der Waals surface area contributed by atoms with Crippen LogP contribution in [-0.2, 0) is 16.2 Å². The van der Waals surface area contributed by atoms with Crippen molar-refractivity contribution in [3.05, 3.63) is 97.9 Å². The highest BCUT2D eigenvalue weighted by Gasteiger charge is 2.36. The predicted molar refractivity (Wildman–Crippen MR) is 130 cm³/mol. The zero-order chi connectivity index (χ0) is 23.5. The molecule has 1 heterocycles. The largest absolute Gasteiger partial charge is 0.487 e. The van der Waals surface area contributed by atoms with E-state index in [1.165, 1.54) is 12.1 Å². The second-order valence-corrected chi connectivity index (χ2v) is 8.71. The average molecular weight is 546 g/mol. The third-order valence-corrected chi connectivity index (χ3v) is 6.08. The first kappa shape index (κ1) is 23.0. The summed E-state index contributed by atoms with van der Waals surface area (Å²) < 4.78 is 6.72. The molecule has 0 unspecified atom stereocenters. The van der Waals surface area contributed by atoms with Gasteiger partial charge in [-0.05, 0) is 48.0 Å². The molecule has 0 aromatic heterocycles. The lowest BCUT2D eigenvalue weighted by Crippen LogP contribution is -2.54. The van der Waals surface area contributed by atoms with Crippen LogP contribution in [0.2, 0.25) is 10.0 Å². The number of anilines is 1. The average Bonchev–Trinajstić information content (AvgIpc) is 2.77. The van der Waals surface area contributed by atoms with Crippen molar-refractivity contribution < 1.29 is 19.1 Å². The van der Waals surface area contributed by atoms with Crippen LogP contribution in [0.15, 0.2) is 76.8 Å². The lowest BCUT2D eigenvalue weighted by molar-refractivity contribution is -0.122. The smallest absolute Gasteiger partial charge is 0.335 e. The summed E-state index contributed by atoms with van der Waals surface area (Å²) in [7, 11) is 0. The minimum atomic E-state index is -0.849. The van der Waals surface area contributed by atoms with E-state index in [4.69, 9.17) is 27.9 Å². The molecule has 1 saturated heterocycles. The molecule has 166 valence electrons. The van der Waals surface area contributed by atoms with Gasteiger partial charge in [0, 0.05) is 15.1 Å². The van der Waals surface area contributed by atoms with Gasteiger partial charge in [0.25, 0.3) is 11.8 Å². The number of carbonyl (C=O) groups is 3. The van der Waals surface area contributed by atoms with Crippen LogP contribution in [-0.4, -0.2) is 17.8 Å². The number of halogens is 3. The second kappa shape index (κ2) is 9.79. The number of nitrogens with one attached hydrogen (secondary N) is 1. The van der Waals surface area contributed by atoms with Crippen molar-refractivity contribution in [2.75, 3.05) is 4.90 Å². The van der Waals surface area contributed by atoms with E-state index in [0.29, 0.717) is 28.0 Å². The van der Waals surface area contributed by atoms with Crippen LogP contribution >= 0.6 is 39.1 Å². The summed E-state index contributed by atoms with van der Waals surface area (Å²) in [6.45, 7) is 0.305. The Balaban J connectivity index is 1.57. The van der Waals surface area contributed by atoms with E-state index in [2.05, 4.69) is 21.2 Å². The van der Waals surface area contributed by atoms with Gasteiger partial charge >= 0.3 is 6.03 Å². The van der Waals surface area contributed by atoms with Gasteiger partial charge in [0.05, 0.1) is 10.7 Å². The van der Waals surface area contributed by atoms with Crippen molar-refractivity contribution >= 4 is 68.7 Å². The number of carbonyl (C=O) groups excluding carboxylic acids is 3. The van der Waals surface area contributed by atoms with E-state index in [9.17, 15) is 14.4 Å². The molecule has 9 heteroatoms. The molecule has 33 heavy (non-hydrogen) atoms. The molecule has 1 aliphatic rings. The highest BCUT2D eigenvalue weighted by atomic mass is 79.9. The standard InChI is InChI=1S/C24H15BrCl2N2O4/c25-19-7-2-1-4-15(19)13-33-21-9-8-14(11-20(21)27)10-18-22(30)28-24(32)29(23(18)31)17-6-3-5-16(26)12-17/h1-12H,13H2,(H,28,30,32)/b18-10+. The molecule has 6 nitrogen and oxygen atoms in total. The van der Waals surface area contributed by atoms with Crippen LogP contribution in [0.5, 0.6) is 5.75 Å². The number of rotatable bonds is 5. The topological polar surface area (TPSA) is 75.7 Å². The normalized spacial score (nSPS) is 15.1. The quantitative estimate of drug-likeness (QED) is 0.315. The van der Waals surface area contributed by atoms with E-state index in [-0.39, 0.29) is 11.3 Å². The molecule has 0 spiro atoms. The number of urea groups is 1. The Bertz CT molecular complexity index is 1310. The van der Waals surface area contributed by atoms with E-state index in [1.807, 2.05) is 24.3 Å². The molecule has 1 aliphatic heterocycles. The number of hydrogen-bond donors (Lipinski definition) is 1. The molecule has 3 aromatic carbocycles. The second-order valence-electron chi connectivity index (χ2n) is 7.01. The Hall–Kier alpha value is -3.13. The number of amides is 4. The molecule has 0 saturated carbocycles. The summed E-state index contributed by atoms with van der Waals surface area (Å²) in [5, 5.41) is 2.83. The van der Waals surface area contributed by atoms with Gasteiger partial charge in [-0.2, -0.15) is 0 Å². The molecule has 3 aromatic rings. The molecule has 1 N–H and O–H groups in total. The van der Waals surface area contributed by atoms with Gasteiger partial charge in [-0.25, -0.2) is 9.69 Å². The number of nitrogens with zero attached hydrogens (tertiary/aromatic N) is 1. The summed E-state index contributed by atoms with van der Waals surface area (Å²) in [6.07, 6.45) is 1.37. The van der Waals surface area contributed by atoms with Crippen molar-refractivity contribution in [2.24, 2.45) is 0 Å². The Morgan fingerprint density at radius 2 is 1.76 bits per heavy atom. The summed E-state index contributed by atoms with van der Waals surface area (Å²) in [5.41, 5.74) is 1.48. The van der Waals surface area contributed by atoms with E-state index in [1.54, 1.807) is 36.4 Å². The molecule has 4 amide bonds. The first-order chi connectivity index (χ1) is 15.8. The highest BCUT2D eigenvalue weighted by molar-refractivity contribution is 9.10. The van der Waals surface area contributed by atoms with Gasteiger partial charge in [0.1, 0.15) is 17.9 Å². The molecular weight excluding hydrogens is 531 g/mol. The van der Waals surface area contributed by atoms with Gasteiger partial charge in [0.15, 0.2) is 0 Å². The molecule has 0 aliphatic carbocycles. The molecule has 0 atom stereocenters.